The average Bonchev–Trinajstić information content (AvgIpc) is 1.76. The number of hydrogen-bond acceptors (Lipinski definition) is 17. The molecule has 1 aliphatic carbocycles. The lowest BCUT2D eigenvalue weighted by Gasteiger charge is -2.30. The molecule has 29 heteroatoms. The van der Waals surface area contributed by atoms with E-state index in [2.05, 4.69) is 52.2 Å². The summed E-state index contributed by atoms with van der Waals surface area (Å²) in [7, 11) is -4.14. The van der Waals surface area contributed by atoms with Gasteiger partial charge in [0.15, 0.2) is 0 Å². The average molecular weight is 1320 g/mol. The Kier molecular flexibility index (Phi) is 28.2. The number of guanidine groups is 1. The third kappa shape index (κ3) is 23.7. The normalized spacial score (nSPS) is 22.4. The highest BCUT2D eigenvalue weighted by atomic mass is 32.2. The first-order chi connectivity index (χ1) is 45.2. The Balaban J connectivity index is 1.18. The summed E-state index contributed by atoms with van der Waals surface area (Å²) >= 11 is 0. The van der Waals surface area contributed by atoms with E-state index in [0.29, 0.717) is 24.8 Å². The molecule has 3 fully saturated rings. The number of benzene rings is 4. The van der Waals surface area contributed by atoms with Crippen LogP contribution in [0, 0.1) is 6.92 Å². The van der Waals surface area contributed by atoms with Crippen LogP contribution in [0.25, 0.3) is 0 Å². The first-order valence-electron chi connectivity index (χ1n) is 31.3. The van der Waals surface area contributed by atoms with Gasteiger partial charge in [0.1, 0.15) is 48.4 Å². The summed E-state index contributed by atoms with van der Waals surface area (Å²) < 4.78 is 51.8. The number of nitrogens with two attached hydrogens (primary N) is 1. The van der Waals surface area contributed by atoms with Gasteiger partial charge in [0.05, 0.1) is 64.0 Å². The highest BCUT2D eigenvalue weighted by Gasteiger charge is 2.40. The van der Waals surface area contributed by atoms with Gasteiger partial charge in [-0.05, 0) is 94.0 Å². The molecule has 0 radical (unpaired) electrons. The van der Waals surface area contributed by atoms with Crippen LogP contribution in [0.5, 0.6) is 0 Å². The van der Waals surface area contributed by atoms with Gasteiger partial charge in [-0.3, -0.25) is 52.9 Å². The van der Waals surface area contributed by atoms with Gasteiger partial charge < -0.3 is 72.1 Å². The number of aliphatic imine (C=N–C) groups is 1. The molecule has 1 saturated carbocycles. The minimum atomic E-state index is -4.14. The second kappa shape index (κ2) is 36.8. The molecular weight excluding hydrogens is 1240 g/mol. The van der Waals surface area contributed by atoms with E-state index in [4.69, 9.17) is 24.7 Å². The summed E-state index contributed by atoms with van der Waals surface area (Å²) in [6.07, 6.45) is 2.71. The number of nitrogens with one attached hydrogen (secondary N) is 9. The topological polar surface area (TPSA) is 392 Å². The van der Waals surface area contributed by atoms with Crippen LogP contribution in [-0.2, 0) is 96.7 Å². The van der Waals surface area contributed by atoms with Crippen molar-refractivity contribution in [2.75, 3.05) is 46.0 Å². The number of nitrogens with zero attached hydrogens (tertiary/aromatic N) is 2. The number of hydrogen-bond donors (Lipinski definition) is 10. The molecule has 3 aliphatic rings. The zero-order valence-corrected chi connectivity index (χ0v) is 53.5. The molecule has 9 amide bonds. The van der Waals surface area contributed by atoms with Crippen LogP contribution < -0.4 is 53.0 Å². The van der Waals surface area contributed by atoms with Gasteiger partial charge >= 0.3 is 5.97 Å². The van der Waals surface area contributed by atoms with Gasteiger partial charge in [0.25, 0.3) is 10.0 Å². The fourth-order valence-corrected chi connectivity index (χ4v) is 11.4. The van der Waals surface area contributed by atoms with Crippen molar-refractivity contribution in [1.29, 1.82) is 0 Å². The predicted molar refractivity (Wildman–Crippen MR) is 341 cm³/mol. The van der Waals surface area contributed by atoms with E-state index >= 15 is 0 Å². The number of rotatable bonds is 21. The molecule has 2 aliphatic heterocycles. The molecule has 0 unspecified atom stereocenters. The van der Waals surface area contributed by atoms with Crippen LogP contribution >= 0.6 is 0 Å². The van der Waals surface area contributed by atoms with Gasteiger partial charge in [-0.15, -0.1) is 0 Å². The minimum Gasteiger partial charge on any atom is -0.462 e. The lowest BCUT2D eigenvalue weighted by atomic mass is 9.98. The number of ether oxygens (including phenoxy) is 4. The lowest BCUT2D eigenvalue weighted by molar-refractivity contribution is -0.153. The van der Waals surface area contributed by atoms with E-state index < -0.39 is 163 Å². The van der Waals surface area contributed by atoms with Crippen molar-refractivity contribution < 1.29 is 75.3 Å². The Bertz CT molecular complexity index is 3360. The summed E-state index contributed by atoms with van der Waals surface area (Å²) in [6.45, 7) is -0.0956. The molecule has 506 valence electrons. The maximum Gasteiger partial charge on any atom is 0.308 e. The van der Waals surface area contributed by atoms with Crippen LogP contribution in [0.1, 0.15) is 93.4 Å². The smallest absolute Gasteiger partial charge is 0.308 e. The van der Waals surface area contributed by atoms with Crippen LogP contribution in [0.2, 0.25) is 0 Å². The fourth-order valence-electron chi connectivity index (χ4n) is 10.4. The molecule has 2 saturated heterocycles. The summed E-state index contributed by atoms with van der Waals surface area (Å²) in [5, 5.41) is 20.4. The highest BCUT2D eigenvalue weighted by molar-refractivity contribution is 7.90. The van der Waals surface area contributed by atoms with E-state index in [-0.39, 0.29) is 57.1 Å². The Morgan fingerprint density at radius 2 is 1.05 bits per heavy atom. The van der Waals surface area contributed by atoms with Crippen LogP contribution in [-0.4, -0.2) is 173 Å². The van der Waals surface area contributed by atoms with E-state index in [1.54, 1.807) is 110 Å². The molecule has 28 nitrogen and oxygen atoms in total. The molecule has 7 atom stereocenters. The lowest BCUT2D eigenvalue weighted by Crippen LogP contribution is -2.60. The van der Waals surface area contributed by atoms with Crippen molar-refractivity contribution in [1.82, 2.24) is 52.2 Å². The Hall–Kier alpha value is -9.32. The summed E-state index contributed by atoms with van der Waals surface area (Å²) in [5.41, 5.74) is 8.95. The van der Waals surface area contributed by atoms with Crippen molar-refractivity contribution in [2.45, 2.75) is 151 Å². The maximum atomic E-state index is 14.8. The van der Waals surface area contributed by atoms with Crippen molar-refractivity contribution in [3.63, 3.8) is 0 Å². The second-order valence-corrected chi connectivity index (χ2v) is 24.7. The third-order valence-electron chi connectivity index (χ3n) is 15.5. The van der Waals surface area contributed by atoms with Gasteiger partial charge in [-0.2, -0.15) is 0 Å². The first-order valence-corrected chi connectivity index (χ1v) is 32.8. The first kappa shape index (κ1) is 72.1. The monoisotopic (exact) mass is 1320 g/mol. The van der Waals surface area contributed by atoms with Gasteiger partial charge in [-0.25, -0.2) is 13.1 Å². The molecule has 2 heterocycles. The van der Waals surface area contributed by atoms with E-state index in [0.717, 1.165) is 36.0 Å². The number of aryl methyl sites for hydroxylation is 1. The number of sulfonamides is 1. The predicted octanol–water partition coefficient (Wildman–Crippen LogP) is 0.450. The summed E-state index contributed by atoms with van der Waals surface area (Å²) in [4.78, 5) is 147. The SMILES string of the molecule is Cc1ccc(S(=O)(=O)NC(N)=NCCC[C@@H]2NC(=O)CNC(=O)[C@H](COCc3ccccc3)NC(=O)[C@H](COCc3ccccc3)NC(=O)[C@H](C)NC(=O)[C@@H]3CCCN3C(=O)[C@H](COCc3ccccc3)NC(=O)[C@H](CC(=O)OC3CCCCC3)NC(=O)CNC2=O)cc1. The summed E-state index contributed by atoms with van der Waals surface area (Å²) in [6, 6.07) is 22.3. The van der Waals surface area contributed by atoms with Gasteiger partial charge in [0.2, 0.25) is 59.1 Å². The molecule has 4 aromatic carbocycles. The molecule has 7 rings (SSSR count). The molecule has 0 bridgehead atoms. The largest absolute Gasteiger partial charge is 0.462 e. The van der Waals surface area contributed by atoms with Crippen LogP contribution in [0.15, 0.2) is 125 Å². The van der Waals surface area contributed by atoms with Gasteiger partial charge in [0, 0.05) is 13.1 Å². The Labute approximate surface area is 545 Å². The Morgan fingerprint density at radius 1 is 0.564 bits per heavy atom. The number of esters is 1. The second-order valence-electron chi connectivity index (χ2n) is 23.1. The molecule has 94 heavy (non-hydrogen) atoms. The van der Waals surface area contributed by atoms with Crippen molar-refractivity contribution in [2.24, 2.45) is 10.7 Å². The molecule has 11 N–H and O–H groups in total. The van der Waals surface area contributed by atoms with E-state index in [1.807, 2.05) is 0 Å². The van der Waals surface area contributed by atoms with Crippen molar-refractivity contribution in [3.8, 4) is 0 Å². The number of amides is 9. The number of carbonyl (C=O) groups is 10. The van der Waals surface area contributed by atoms with E-state index in [9.17, 15) is 56.4 Å². The number of fused-ring (bicyclic) bond motifs is 1. The third-order valence-corrected chi connectivity index (χ3v) is 16.9. The van der Waals surface area contributed by atoms with Gasteiger partial charge in [-0.1, -0.05) is 115 Å². The van der Waals surface area contributed by atoms with Crippen LogP contribution in [0.3, 0.4) is 0 Å². The van der Waals surface area contributed by atoms with E-state index in [1.165, 1.54) is 24.0 Å². The highest BCUT2D eigenvalue weighted by Crippen LogP contribution is 2.22. The Morgan fingerprint density at radius 3 is 1.62 bits per heavy atom. The standard InChI is InChI=1S/C65H84N12O16S/c1-42-27-29-48(30-28-42)94(88,89)76-65(66)67-31-15-25-49-59(82)68-35-56(79)72-50(33-57(80)93-47-23-13-6-14-24-47)61(84)75-53(41-92-38-46-21-11-5-12-22-46)64(87)77-32-16-26-54(77)63(86)70-43(2)58(81)73-52(40-91-37-45-19-9-4-10-20-45)62(85)74-51(60(83)69-34-55(78)71-49)39-90-36-44-17-7-3-8-18-44/h3-5,7-12,17-22,27-30,43,47,49-54H,6,13-16,23-26,31-41H2,1-2H3,(H,68,82)(H,69,83)(H,70,86)(H,71,78)(H,72,79)(H,73,81)(H,74,85)(H,75,84)(H3,66,67,76)/t43-,49-,50-,51-,52-,53-,54-/m0/s1. The minimum absolute atomic E-state index is 0.00688. The summed E-state index contributed by atoms with van der Waals surface area (Å²) in [5.74, 6) is -9.54. The molecular formula is C65H84N12O16S. The number of carbonyl (C=O) groups excluding carboxylic acids is 10. The molecule has 0 aromatic heterocycles. The fraction of sp³-hybridized carbons (Fsp3) is 0.462. The molecule has 4 aromatic rings. The van der Waals surface area contributed by atoms with Crippen molar-refractivity contribution in [3.05, 3.63) is 138 Å². The zero-order valence-electron chi connectivity index (χ0n) is 52.6. The molecule has 0 spiro atoms. The quantitative estimate of drug-likeness (QED) is 0.0234. The van der Waals surface area contributed by atoms with Crippen molar-refractivity contribution >= 4 is 75.1 Å². The maximum absolute atomic E-state index is 14.8. The van der Waals surface area contributed by atoms with Crippen LogP contribution in [0.4, 0.5) is 0 Å². The zero-order chi connectivity index (χ0) is 67.4.